The molecule has 0 aliphatic rings. The summed E-state index contributed by atoms with van der Waals surface area (Å²) in [5.41, 5.74) is 1.32. The molecule has 0 atom stereocenters. The Morgan fingerprint density at radius 3 is 2.45 bits per heavy atom. The normalized spacial score (nSPS) is 10.9. The van der Waals surface area contributed by atoms with Gasteiger partial charge in [0, 0.05) is 10.5 Å². The van der Waals surface area contributed by atoms with Crippen molar-refractivity contribution in [1.82, 2.24) is 0 Å². The molecule has 0 unspecified atom stereocenters. The maximum atomic E-state index is 11.0. The molecule has 0 spiro atoms. The van der Waals surface area contributed by atoms with Crippen molar-refractivity contribution in [1.29, 1.82) is 5.26 Å². The Balaban J connectivity index is 2.51. The molecule has 0 fully saturated rings. The van der Waals surface area contributed by atoms with Crippen LogP contribution in [0.5, 0.6) is 0 Å². The summed E-state index contributed by atoms with van der Waals surface area (Å²) in [6.07, 6.45) is 1.63. The smallest absolute Gasteiger partial charge is 0.258 e. The van der Waals surface area contributed by atoms with Crippen LogP contribution in [-0.2, 0) is 0 Å². The maximum absolute atomic E-state index is 11.0. The number of nitro groups is 1. The molecule has 0 aliphatic heterocycles. The molecule has 0 amide bonds. The molecule has 0 heterocycles. The van der Waals surface area contributed by atoms with E-state index in [9.17, 15) is 15.4 Å². The summed E-state index contributed by atoms with van der Waals surface area (Å²) in [7, 11) is 0. The fourth-order valence-electron chi connectivity index (χ4n) is 1.76. The van der Waals surface area contributed by atoms with Crippen molar-refractivity contribution in [2.45, 2.75) is 0 Å². The Morgan fingerprint density at radius 2 is 1.85 bits per heavy atom. The summed E-state index contributed by atoms with van der Waals surface area (Å²) in [4.78, 5) is 10.5. The van der Waals surface area contributed by atoms with E-state index < -0.39 is 4.92 Å². The van der Waals surface area contributed by atoms with Crippen LogP contribution in [-0.4, -0.2) is 4.92 Å². The lowest BCUT2D eigenvalue weighted by Gasteiger charge is -2.01. The standard InChI is InChI=1S/C15H9BrN2O2/c16-13-7-5-11(6-8-13)9-12(10-17)14-3-1-2-4-15(14)18(19)20/h1-9H/b12-9+. The summed E-state index contributed by atoms with van der Waals surface area (Å²) in [5.74, 6) is 0. The van der Waals surface area contributed by atoms with Crippen LogP contribution in [0.25, 0.3) is 11.6 Å². The van der Waals surface area contributed by atoms with Crippen LogP contribution >= 0.6 is 15.9 Å². The van der Waals surface area contributed by atoms with Crippen molar-refractivity contribution >= 4 is 33.3 Å². The largest absolute Gasteiger partial charge is 0.277 e. The van der Waals surface area contributed by atoms with E-state index in [1.54, 1.807) is 24.3 Å². The van der Waals surface area contributed by atoms with E-state index in [0.717, 1.165) is 10.0 Å². The predicted octanol–water partition coefficient (Wildman–Crippen LogP) is 4.42. The number of hydrogen-bond donors (Lipinski definition) is 0. The van der Waals surface area contributed by atoms with Gasteiger partial charge in [0.1, 0.15) is 6.07 Å². The van der Waals surface area contributed by atoms with E-state index in [0.29, 0.717) is 5.56 Å². The number of rotatable bonds is 3. The SMILES string of the molecule is N#C/C(=C\c1ccc(Br)cc1)c1ccccc1[N+](=O)[O-]. The van der Waals surface area contributed by atoms with Crippen LogP contribution in [0.3, 0.4) is 0 Å². The molecule has 0 radical (unpaired) electrons. The van der Waals surface area contributed by atoms with Gasteiger partial charge >= 0.3 is 0 Å². The second kappa shape index (κ2) is 6.13. The minimum absolute atomic E-state index is 0.0718. The van der Waals surface area contributed by atoms with E-state index in [2.05, 4.69) is 15.9 Å². The molecule has 0 aliphatic carbocycles. The van der Waals surface area contributed by atoms with Crippen molar-refractivity contribution in [2.24, 2.45) is 0 Å². The van der Waals surface area contributed by atoms with E-state index in [-0.39, 0.29) is 11.3 Å². The molecule has 0 N–H and O–H groups in total. The molecular weight excluding hydrogens is 320 g/mol. The minimum Gasteiger partial charge on any atom is -0.258 e. The van der Waals surface area contributed by atoms with Gasteiger partial charge in [-0.25, -0.2) is 0 Å². The van der Waals surface area contributed by atoms with Crippen LogP contribution in [0.4, 0.5) is 5.69 Å². The zero-order valence-corrected chi connectivity index (χ0v) is 11.9. The van der Waals surface area contributed by atoms with Gasteiger partial charge in [-0.2, -0.15) is 5.26 Å². The molecular formula is C15H9BrN2O2. The fraction of sp³-hybridized carbons (Fsp3) is 0. The van der Waals surface area contributed by atoms with E-state index in [1.165, 1.54) is 6.07 Å². The number of allylic oxidation sites excluding steroid dienone is 1. The van der Waals surface area contributed by atoms with Crippen molar-refractivity contribution in [3.8, 4) is 6.07 Å². The van der Waals surface area contributed by atoms with Crippen LogP contribution in [0, 0.1) is 21.4 Å². The van der Waals surface area contributed by atoms with Gasteiger partial charge in [-0.15, -0.1) is 0 Å². The molecule has 98 valence electrons. The molecule has 0 bridgehead atoms. The Bertz CT molecular complexity index is 715. The summed E-state index contributed by atoms with van der Waals surface area (Å²) in [5, 5.41) is 20.3. The van der Waals surface area contributed by atoms with Crippen LogP contribution in [0.15, 0.2) is 53.0 Å². The second-order valence-electron chi connectivity index (χ2n) is 4.00. The highest BCUT2D eigenvalue weighted by Crippen LogP contribution is 2.27. The number of para-hydroxylation sites is 1. The molecule has 0 aromatic heterocycles. The molecule has 5 heteroatoms. The molecule has 2 rings (SSSR count). The number of nitro benzene ring substituents is 1. The molecule has 4 nitrogen and oxygen atoms in total. The lowest BCUT2D eigenvalue weighted by atomic mass is 10.0. The second-order valence-corrected chi connectivity index (χ2v) is 4.91. The van der Waals surface area contributed by atoms with Gasteiger partial charge in [-0.1, -0.05) is 40.2 Å². The quantitative estimate of drug-likeness (QED) is 0.362. The van der Waals surface area contributed by atoms with Crippen LogP contribution < -0.4 is 0 Å². The summed E-state index contributed by atoms with van der Waals surface area (Å²) in [6, 6.07) is 15.6. The van der Waals surface area contributed by atoms with Crippen molar-refractivity contribution in [2.75, 3.05) is 0 Å². The summed E-state index contributed by atoms with van der Waals surface area (Å²) < 4.78 is 0.929. The number of halogens is 1. The first-order valence-corrected chi connectivity index (χ1v) is 6.52. The number of nitrogens with zero attached hydrogens (tertiary/aromatic N) is 2. The number of hydrogen-bond acceptors (Lipinski definition) is 3. The molecule has 2 aromatic carbocycles. The third-order valence-electron chi connectivity index (χ3n) is 2.69. The monoisotopic (exact) mass is 328 g/mol. The maximum Gasteiger partial charge on any atom is 0.277 e. The van der Waals surface area contributed by atoms with E-state index >= 15 is 0 Å². The van der Waals surface area contributed by atoms with Crippen LogP contribution in [0.2, 0.25) is 0 Å². The van der Waals surface area contributed by atoms with Gasteiger partial charge in [0.25, 0.3) is 5.69 Å². The minimum atomic E-state index is -0.484. The molecule has 2 aromatic rings. The lowest BCUT2D eigenvalue weighted by Crippen LogP contribution is -1.93. The lowest BCUT2D eigenvalue weighted by molar-refractivity contribution is -0.385. The van der Waals surface area contributed by atoms with Gasteiger partial charge in [0.15, 0.2) is 0 Å². The first-order valence-electron chi connectivity index (χ1n) is 5.73. The van der Waals surface area contributed by atoms with E-state index in [1.807, 2.05) is 30.3 Å². The number of nitriles is 1. The Morgan fingerprint density at radius 1 is 1.20 bits per heavy atom. The Hall–Kier alpha value is -2.45. The molecule has 20 heavy (non-hydrogen) atoms. The average molecular weight is 329 g/mol. The van der Waals surface area contributed by atoms with E-state index in [4.69, 9.17) is 0 Å². The Kier molecular flexibility index (Phi) is 4.28. The molecule has 0 saturated carbocycles. The topological polar surface area (TPSA) is 66.9 Å². The number of benzene rings is 2. The predicted molar refractivity (Wildman–Crippen MR) is 80.7 cm³/mol. The highest BCUT2D eigenvalue weighted by atomic mass is 79.9. The zero-order valence-electron chi connectivity index (χ0n) is 10.3. The van der Waals surface area contributed by atoms with Crippen molar-refractivity contribution < 1.29 is 4.92 Å². The third kappa shape index (κ3) is 3.11. The third-order valence-corrected chi connectivity index (χ3v) is 3.22. The van der Waals surface area contributed by atoms with Gasteiger partial charge in [-0.05, 0) is 29.8 Å². The summed E-state index contributed by atoms with van der Waals surface area (Å²) in [6.45, 7) is 0. The van der Waals surface area contributed by atoms with Crippen molar-refractivity contribution in [3.05, 3.63) is 74.2 Å². The first kappa shape index (κ1) is 14.0. The Labute approximate surface area is 124 Å². The highest BCUT2D eigenvalue weighted by Gasteiger charge is 2.15. The molecule has 0 saturated heterocycles. The summed E-state index contributed by atoms with van der Waals surface area (Å²) >= 11 is 3.33. The van der Waals surface area contributed by atoms with Crippen LogP contribution in [0.1, 0.15) is 11.1 Å². The van der Waals surface area contributed by atoms with Gasteiger partial charge < -0.3 is 0 Å². The zero-order chi connectivity index (χ0) is 14.5. The van der Waals surface area contributed by atoms with Gasteiger partial charge in [0.05, 0.1) is 16.1 Å². The van der Waals surface area contributed by atoms with Gasteiger partial charge in [-0.3, -0.25) is 10.1 Å². The van der Waals surface area contributed by atoms with Gasteiger partial charge in [0.2, 0.25) is 0 Å². The first-order chi connectivity index (χ1) is 9.61. The highest BCUT2D eigenvalue weighted by molar-refractivity contribution is 9.10. The average Bonchev–Trinajstić information content (AvgIpc) is 2.46. The fourth-order valence-corrected chi connectivity index (χ4v) is 2.02. The van der Waals surface area contributed by atoms with Crippen molar-refractivity contribution in [3.63, 3.8) is 0 Å².